The number of nitrogens with zero attached hydrogens (tertiary/aromatic N) is 4. The maximum atomic E-state index is 4.36. The first-order valence-electron chi connectivity index (χ1n) is 6.08. The van der Waals surface area contributed by atoms with Crippen LogP contribution in [0.25, 0.3) is 5.65 Å². The number of hydrogen-bond acceptors (Lipinski definition) is 4. The predicted molar refractivity (Wildman–Crippen MR) is 65.0 cm³/mol. The molecule has 0 aliphatic carbocycles. The number of fused-ring (bicyclic) bond motifs is 1. The molecule has 1 aliphatic heterocycles. The van der Waals surface area contributed by atoms with E-state index in [1.807, 2.05) is 23.7 Å². The van der Waals surface area contributed by atoms with Crippen LogP contribution in [0.15, 0.2) is 12.4 Å². The van der Waals surface area contributed by atoms with E-state index in [-0.39, 0.29) is 5.41 Å². The minimum atomic E-state index is 0.0641. The number of nitrogens with one attached hydrogen (secondary N) is 1. The van der Waals surface area contributed by atoms with Crippen molar-refractivity contribution in [1.29, 1.82) is 0 Å². The molecule has 5 heteroatoms. The molecule has 1 fully saturated rings. The molecule has 3 rings (SSSR count). The Morgan fingerprint density at radius 2 is 2.29 bits per heavy atom. The molecule has 2 aromatic heterocycles. The molecule has 1 aliphatic rings. The van der Waals surface area contributed by atoms with E-state index in [2.05, 4.69) is 27.4 Å². The topological polar surface area (TPSA) is 55.1 Å². The lowest BCUT2D eigenvalue weighted by Gasteiger charge is -2.32. The van der Waals surface area contributed by atoms with E-state index in [0.717, 1.165) is 36.7 Å². The van der Waals surface area contributed by atoms with Gasteiger partial charge < -0.3 is 5.32 Å². The van der Waals surface area contributed by atoms with E-state index < -0.39 is 0 Å². The molecule has 1 saturated heterocycles. The summed E-state index contributed by atoms with van der Waals surface area (Å²) < 4.78 is 2.01. The van der Waals surface area contributed by atoms with E-state index in [1.165, 1.54) is 6.42 Å². The standard InChI is InChI=1S/C12H17N5/c1-9-6-10-15-16-11(17(10)8-14-9)12(2)4-3-5-13-7-12/h6,8,13H,3-5,7H2,1-2H3. The Bertz CT molecular complexity index is 539. The molecule has 0 bridgehead atoms. The average Bonchev–Trinajstić information content (AvgIpc) is 2.73. The van der Waals surface area contributed by atoms with Gasteiger partial charge in [-0.1, -0.05) is 6.92 Å². The molecule has 1 N–H and O–H groups in total. The van der Waals surface area contributed by atoms with E-state index in [4.69, 9.17) is 0 Å². The van der Waals surface area contributed by atoms with Gasteiger partial charge in [-0.05, 0) is 26.3 Å². The lowest BCUT2D eigenvalue weighted by molar-refractivity contribution is 0.321. The van der Waals surface area contributed by atoms with Crippen molar-refractivity contribution in [2.45, 2.75) is 32.1 Å². The fourth-order valence-electron chi connectivity index (χ4n) is 2.55. The number of aromatic nitrogens is 4. The first-order valence-corrected chi connectivity index (χ1v) is 6.08. The number of hydrogen-bond donors (Lipinski definition) is 1. The summed E-state index contributed by atoms with van der Waals surface area (Å²) in [5, 5.41) is 12.0. The summed E-state index contributed by atoms with van der Waals surface area (Å²) in [6, 6.07) is 1.97. The minimum absolute atomic E-state index is 0.0641. The largest absolute Gasteiger partial charge is 0.316 e. The molecule has 0 saturated carbocycles. The first-order chi connectivity index (χ1) is 8.19. The van der Waals surface area contributed by atoms with Crippen LogP contribution in [0, 0.1) is 6.92 Å². The average molecular weight is 231 g/mol. The highest BCUT2D eigenvalue weighted by Gasteiger charge is 2.33. The zero-order valence-electron chi connectivity index (χ0n) is 10.3. The third-order valence-electron chi connectivity index (χ3n) is 3.57. The Kier molecular flexibility index (Phi) is 2.36. The van der Waals surface area contributed by atoms with Gasteiger partial charge >= 0.3 is 0 Å². The zero-order chi connectivity index (χ0) is 11.9. The fraction of sp³-hybridized carbons (Fsp3) is 0.583. The van der Waals surface area contributed by atoms with Crippen molar-refractivity contribution >= 4 is 5.65 Å². The van der Waals surface area contributed by atoms with Crippen LogP contribution in [0.4, 0.5) is 0 Å². The second kappa shape index (κ2) is 3.77. The summed E-state index contributed by atoms with van der Waals surface area (Å²) >= 11 is 0. The summed E-state index contributed by atoms with van der Waals surface area (Å²) in [5.41, 5.74) is 1.93. The van der Waals surface area contributed by atoms with Crippen molar-refractivity contribution < 1.29 is 0 Å². The molecule has 3 heterocycles. The highest BCUT2D eigenvalue weighted by molar-refractivity contribution is 5.39. The Morgan fingerprint density at radius 1 is 1.41 bits per heavy atom. The molecule has 1 unspecified atom stereocenters. The molecule has 2 aromatic rings. The summed E-state index contributed by atoms with van der Waals surface area (Å²) in [5.74, 6) is 1.02. The third kappa shape index (κ3) is 1.70. The summed E-state index contributed by atoms with van der Waals surface area (Å²) in [6.45, 7) is 6.28. The van der Waals surface area contributed by atoms with Crippen LogP contribution in [0.2, 0.25) is 0 Å². The number of piperidine rings is 1. The van der Waals surface area contributed by atoms with Crippen molar-refractivity contribution in [3.8, 4) is 0 Å². The Balaban J connectivity index is 2.10. The predicted octanol–water partition coefficient (Wildman–Crippen LogP) is 1.07. The van der Waals surface area contributed by atoms with Crippen LogP contribution in [-0.4, -0.2) is 32.7 Å². The third-order valence-corrected chi connectivity index (χ3v) is 3.57. The van der Waals surface area contributed by atoms with Gasteiger partial charge in [0.05, 0.1) is 0 Å². The smallest absolute Gasteiger partial charge is 0.163 e. The van der Waals surface area contributed by atoms with Crippen molar-refractivity contribution in [1.82, 2.24) is 24.9 Å². The Labute approximate surface area is 100 Å². The van der Waals surface area contributed by atoms with E-state index in [0.29, 0.717) is 0 Å². The van der Waals surface area contributed by atoms with Crippen molar-refractivity contribution in [2.75, 3.05) is 13.1 Å². The zero-order valence-corrected chi connectivity index (χ0v) is 10.3. The quantitative estimate of drug-likeness (QED) is 0.797. The lowest BCUT2D eigenvalue weighted by Crippen LogP contribution is -2.42. The van der Waals surface area contributed by atoms with Crippen LogP contribution in [0.5, 0.6) is 0 Å². The normalized spacial score (nSPS) is 25.3. The molecule has 0 radical (unpaired) electrons. The lowest BCUT2D eigenvalue weighted by atomic mass is 9.82. The number of rotatable bonds is 1. The van der Waals surface area contributed by atoms with Crippen LogP contribution < -0.4 is 5.32 Å². The fourth-order valence-corrected chi connectivity index (χ4v) is 2.55. The highest BCUT2D eigenvalue weighted by Crippen LogP contribution is 2.29. The van der Waals surface area contributed by atoms with Gasteiger partial charge in [0.1, 0.15) is 12.2 Å². The summed E-state index contributed by atoms with van der Waals surface area (Å²) in [7, 11) is 0. The van der Waals surface area contributed by atoms with Gasteiger partial charge in [0.25, 0.3) is 0 Å². The maximum absolute atomic E-state index is 4.36. The molecule has 1 atom stereocenters. The van der Waals surface area contributed by atoms with Crippen molar-refractivity contribution in [3.05, 3.63) is 23.9 Å². The van der Waals surface area contributed by atoms with Gasteiger partial charge in [0.2, 0.25) is 0 Å². The van der Waals surface area contributed by atoms with Crippen molar-refractivity contribution in [3.63, 3.8) is 0 Å². The van der Waals surface area contributed by atoms with Gasteiger partial charge in [0, 0.05) is 23.7 Å². The molecular weight excluding hydrogens is 214 g/mol. The molecule has 90 valence electrons. The Morgan fingerprint density at radius 3 is 3.06 bits per heavy atom. The van der Waals surface area contributed by atoms with Gasteiger partial charge in [-0.25, -0.2) is 4.98 Å². The van der Waals surface area contributed by atoms with Gasteiger partial charge in [0.15, 0.2) is 5.65 Å². The molecule has 0 aromatic carbocycles. The second-order valence-corrected chi connectivity index (χ2v) is 5.12. The Hall–Kier alpha value is -1.49. The van der Waals surface area contributed by atoms with Gasteiger partial charge in [-0.3, -0.25) is 4.40 Å². The summed E-state index contributed by atoms with van der Waals surface area (Å²) in [4.78, 5) is 4.33. The minimum Gasteiger partial charge on any atom is -0.316 e. The molecule has 0 spiro atoms. The second-order valence-electron chi connectivity index (χ2n) is 5.12. The van der Waals surface area contributed by atoms with Crippen LogP contribution in [-0.2, 0) is 5.41 Å². The SMILES string of the molecule is Cc1cc2nnc(C3(C)CCCNC3)n2cn1. The first kappa shape index (κ1) is 10.7. The van der Waals surface area contributed by atoms with Crippen LogP contribution >= 0.6 is 0 Å². The molecule has 17 heavy (non-hydrogen) atoms. The van der Waals surface area contributed by atoms with E-state index >= 15 is 0 Å². The molecule has 0 amide bonds. The van der Waals surface area contributed by atoms with Crippen molar-refractivity contribution in [2.24, 2.45) is 0 Å². The highest BCUT2D eigenvalue weighted by atomic mass is 15.3. The monoisotopic (exact) mass is 231 g/mol. The molecular formula is C12H17N5. The maximum Gasteiger partial charge on any atom is 0.163 e. The number of aryl methyl sites for hydroxylation is 1. The van der Waals surface area contributed by atoms with E-state index in [9.17, 15) is 0 Å². The van der Waals surface area contributed by atoms with Crippen LogP contribution in [0.1, 0.15) is 31.3 Å². The van der Waals surface area contributed by atoms with Crippen LogP contribution in [0.3, 0.4) is 0 Å². The van der Waals surface area contributed by atoms with Gasteiger partial charge in [-0.2, -0.15) is 0 Å². The molecule has 5 nitrogen and oxygen atoms in total. The van der Waals surface area contributed by atoms with Gasteiger partial charge in [-0.15, -0.1) is 10.2 Å². The summed E-state index contributed by atoms with van der Waals surface area (Å²) in [6.07, 6.45) is 4.17. The van der Waals surface area contributed by atoms with E-state index in [1.54, 1.807) is 0 Å².